The van der Waals surface area contributed by atoms with E-state index in [4.69, 9.17) is 0 Å². The fourth-order valence-corrected chi connectivity index (χ4v) is 2.90. The maximum atomic E-state index is 12.7. The highest BCUT2D eigenvalue weighted by atomic mass is 16.6. The molecule has 0 saturated heterocycles. The van der Waals surface area contributed by atoms with Gasteiger partial charge in [-0.25, -0.2) is 9.67 Å². The summed E-state index contributed by atoms with van der Waals surface area (Å²) in [6.07, 6.45) is 0.558. The van der Waals surface area contributed by atoms with Crippen molar-refractivity contribution in [1.29, 1.82) is 0 Å². The number of hydrogen-bond donors (Lipinski definition) is 1. The highest BCUT2D eigenvalue weighted by Crippen LogP contribution is 2.17. The Morgan fingerprint density at radius 2 is 2.00 bits per heavy atom. The molecule has 0 saturated carbocycles. The number of anilines is 1. The molecule has 2 aromatic heterocycles. The fraction of sp³-hybridized carbons (Fsp3) is 0.263. The standard InChI is InChI=1S/C19H20N6O4/c1-4-14-10-18(27)23(19(21-14)24-13(3)8-12(2)22-24)11-17(26)20-15-6-5-7-16(9-15)25(28)29/h5-10H,4,11H2,1-3H3,(H,20,26). The van der Waals surface area contributed by atoms with Crippen LogP contribution in [0.25, 0.3) is 5.95 Å². The van der Waals surface area contributed by atoms with Crippen LogP contribution in [0.4, 0.5) is 11.4 Å². The molecule has 0 spiro atoms. The van der Waals surface area contributed by atoms with Crippen LogP contribution < -0.4 is 10.9 Å². The molecule has 10 heteroatoms. The van der Waals surface area contributed by atoms with Crippen LogP contribution in [0.3, 0.4) is 0 Å². The van der Waals surface area contributed by atoms with Gasteiger partial charge in [-0.2, -0.15) is 5.10 Å². The quantitative estimate of drug-likeness (QED) is 0.503. The van der Waals surface area contributed by atoms with E-state index >= 15 is 0 Å². The van der Waals surface area contributed by atoms with E-state index in [1.54, 1.807) is 0 Å². The first-order valence-corrected chi connectivity index (χ1v) is 8.97. The third-order valence-electron chi connectivity index (χ3n) is 4.24. The molecule has 1 N–H and O–H groups in total. The molecule has 0 aliphatic rings. The number of carbonyl (C=O) groups is 1. The average molecular weight is 396 g/mol. The number of rotatable bonds is 6. The van der Waals surface area contributed by atoms with Gasteiger partial charge in [0.25, 0.3) is 11.2 Å². The van der Waals surface area contributed by atoms with Crippen LogP contribution in [0.5, 0.6) is 0 Å². The molecule has 0 aliphatic heterocycles. The van der Waals surface area contributed by atoms with Crippen LogP contribution in [0.1, 0.15) is 24.0 Å². The lowest BCUT2D eigenvalue weighted by Gasteiger charge is -2.14. The van der Waals surface area contributed by atoms with Crippen molar-refractivity contribution in [3.63, 3.8) is 0 Å². The van der Waals surface area contributed by atoms with Gasteiger partial charge >= 0.3 is 0 Å². The molecule has 10 nitrogen and oxygen atoms in total. The minimum Gasteiger partial charge on any atom is -0.324 e. The topological polar surface area (TPSA) is 125 Å². The largest absolute Gasteiger partial charge is 0.324 e. The SMILES string of the molecule is CCc1cc(=O)n(CC(=O)Nc2cccc([N+](=O)[O-])c2)c(-n2nc(C)cc2C)n1. The Morgan fingerprint density at radius 3 is 2.62 bits per heavy atom. The zero-order valence-corrected chi connectivity index (χ0v) is 16.2. The monoisotopic (exact) mass is 396 g/mol. The number of nitro groups is 1. The lowest BCUT2D eigenvalue weighted by molar-refractivity contribution is -0.384. The Balaban J connectivity index is 1.95. The van der Waals surface area contributed by atoms with Crippen LogP contribution in [0.2, 0.25) is 0 Å². The summed E-state index contributed by atoms with van der Waals surface area (Å²) in [5, 5.41) is 17.8. The van der Waals surface area contributed by atoms with Gasteiger partial charge in [-0.1, -0.05) is 13.0 Å². The van der Waals surface area contributed by atoms with Crippen molar-refractivity contribution in [1.82, 2.24) is 19.3 Å². The molecular weight excluding hydrogens is 376 g/mol. The van der Waals surface area contributed by atoms with E-state index in [-0.39, 0.29) is 29.4 Å². The normalized spacial score (nSPS) is 10.7. The summed E-state index contributed by atoms with van der Waals surface area (Å²) in [4.78, 5) is 40.0. The molecule has 3 rings (SSSR count). The predicted octanol–water partition coefficient (Wildman–Crippen LogP) is 2.16. The van der Waals surface area contributed by atoms with Gasteiger partial charge in [-0.05, 0) is 32.4 Å². The number of nitrogens with one attached hydrogen (secondary N) is 1. The second kappa shape index (κ2) is 8.05. The Labute approximate surface area is 166 Å². The summed E-state index contributed by atoms with van der Waals surface area (Å²) in [6, 6.07) is 8.82. The molecule has 1 amide bonds. The predicted molar refractivity (Wildman–Crippen MR) is 106 cm³/mol. The molecule has 3 aromatic rings. The van der Waals surface area contributed by atoms with Crippen molar-refractivity contribution < 1.29 is 9.72 Å². The number of aryl methyl sites for hydroxylation is 3. The molecule has 150 valence electrons. The van der Waals surface area contributed by atoms with Crippen LogP contribution in [-0.4, -0.2) is 30.2 Å². The molecule has 1 aromatic carbocycles. The van der Waals surface area contributed by atoms with E-state index in [1.807, 2.05) is 26.8 Å². The molecule has 0 bridgehead atoms. The molecule has 0 fully saturated rings. The van der Waals surface area contributed by atoms with Gasteiger partial charge in [-0.15, -0.1) is 0 Å². The lowest BCUT2D eigenvalue weighted by atomic mass is 10.3. The minimum absolute atomic E-state index is 0.141. The Kier molecular flexibility index (Phi) is 5.53. The summed E-state index contributed by atoms with van der Waals surface area (Å²) in [5.41, 5.74) is 1.86. The van der Waals surface area contributed by atoms with E-state index < -0.39 is 10.8 Å². The lowest BCUT2D eigenvalue weighted by Crippen LogP contribution is -2.32. The minimum atomic E-state index is -0.547. The van der Waals surface area contributed by atoms with Crippen LogP contribution in [0, 0.1) is 24.0 Å². The Morgan fingerprint density at radius 1 is 1.24 bits per heavy atom. The van der Waals surface area contributed by atoms with E-state index in [0.717, 1.165) is 11.4 Å². The average Bonchev–Trinajstić information content (AvgIpc) is 3.01. The summed E-state index contributed by atoms with van der Waals surface area (Å²) in [5.74, 6) is -0.268. The number of nitro benzene ring substituents is 1. The number of carbonyl (C=O) groups excluding carboxylic acids is 1. The maximum absolute atomic E-state index is 12.7. The number of benzene rings is 1. The van der Waals surface area contributed by atoms with Crippen molar-refractivity contribution in [3.8, 4) is 5.95 Å². The van der Waals surface area contributed by atoms with E-state index in [1.165, 1.54) is 39.6 Å². The van der Waals surface area contributed by atoms with Gasteiger partial charge in [0.2, 0.25) is 11.9 Å². The molecule has 0 atom stereocenters. The van der Waals surface area contributed by atoms with Gasteiger partial charge in [0.1, 0.15) is 6.54 Å². The van der Waals surface area contributed by atoms with Crippen LogP contribution in [0.15, 0.2) is 41.2 Å². The number of nitrogens with zero attached hydrogens (tertiary/aromatic N) is 5. The summed E-state index contributed by atoms with van der Waals surface area (Å²) in [7, 11) is 0. The van der Waals surface area contributed by atoms with Crippen molar-refractivity contribution in [3.05, 3.63) is 73.9 Å². The maximum Gasteiger partial charge on any atom is 0.271 e. The van der Waals surface area contributed by atoms with E-state index in [0.29, 0.717) is 12.1 Å². The first kappa shape index (κ1) is 19.9. The first-order valence-electron chi connectivity index (χ1n) is 8.97. The fourth-order valence-electron chi connectivity index (χ4n) is 2.90. The Bertz CT molecular complexity index is 1150. The third-order valence-corrected chi connectivity index (χ3v) is 4.24. The molecule has 0 unspecified atom stereocenters. The number of hydrogen-bond acceptors (Lipinski definition) is 6. The van der Waals surface area contributed by atoms with Gasteiger partial charge in [0.05, 0.1) is 10.6 Å². The first-order chi connectivity index (χ1) is 13.8. The number of amides is 1. The highest BCUT2D eigenvalue weighted by Gasteiger charge is 2.17. The smallest absolute Gasteiger partial charge is 0.271 e. The van der Waals surface area contributed by atoms with Crippen LogP contribution in [-0.2, 0) is 17.8 Å². The van der Waals surface area contributed by atoms with E-state index in [2.05, 4.69) is 15.4 Å². The summed E-state index contributed by atoms with van der Waals surface area (Å²) < 4.78 is 2.75. The third kappa shape index (κ3) is 4.37. The van der Waals surface area contributed by atoms with Crippen molar-refractivity contribution in [2.45, 2.75) is 33.7 Å². The van der Waals surface area contributed by atoms with Gasteiger partial charge < -0.3 is 5.32 Å². The summed E-state index contributed by atoms with van der Waals surface area (Å²) >= 11 is 0. The number of non-ortho nitro benzene ring substituents is 1. The molecule has 0 aliphatic carbocycles. The zero-order valence-electron chi connectivity index (χ0n) is 16.2. The van der Waals surface area contributed by atoms with Crippen molar-refractivity contribution in [2.75, 3.05) is 5.32 Å². The second-order valence-electron chi connectivity index (χ2n) is 6.52. The van der Waals surface area contributed by atoms with Crippen LogP contribution >= 0.6 is 0 Å². The summed E-state index contributed by atoms with van der Waals surface area (Å²) in [6.45, 7) is 5.22. The van der Waals surface area contributed by atoms with Gasteiger partial charge in [-0.3, -0.25) is 24.3 Å². The van der Waals surface area contributed by atoms with E-state index in [9.17, 15) is 19.7 Å². The van der Waals surface area contributed by atoms with Crippen molar-refractivity contribution >= 4 is 17.3 Å². The molecule has 2 heterocycles. The zero-order chi connectivity index (χ0) is 21.1. The molecule has 0 radical (unpaired) electrons. The molecule has 29 heavy (non-hydrogen) atoms. The van der Waals surface area contributed by atoms with Gasteiger partial charge in [0, 0.05) is 35.3 Å². The second-order valence-corrected chi connectivity index (χ2v) is 6.52. The number of aromatic nitrogens is 4. The van der Waals surface area contributed by atoms with Crippen molar-refractivity contribution in [2.24, 2.45) is 0 Å². The highest BCUT2D eigenvalue weighted by molar-refractivity contribution is 5.91. The van der Waals surface area contributed by atoms with Gasteiger partial charge in [0.15, 0.2) is 0 Å². The molecular formula is C19H20N6O4. The Hall–Kier alpha value is -3.82.